The average molecular weight is 459 g/mol. The number of nitrogens with one attached hydrogen (secondary N) is 1. The van der Waals surface area contributed by atoms with Crippen LogP contribution in [0.25, 0.3) is 10.9 Å². The molecule has 5 heteroatoms. The van der Waals surface area contributed by atoms with Crippen molar-refractivity contribution in [3.8, 4) is 0 Å². The first-order valence-electron chi connectivity index (χ1n) is 11.9. The lowest BCUT2D eigenvalue weighted by Gasteiger charge is -2.23. The van der Waals surface area contributed by atoms with E-state index < -0.39 is 9.84 Å². The van der Waals surface area contributed by atoms with Crippen molar-refractivity contribution in [1.82, 2.24) is 9.88 Å². The van der Waals surface area contributed by atoms with Gasteiger partial charge in [-0.3, -0.25) is 0 Å². The molecular formula is C27H42N2O2S. The molecular weight excluding hydrogens is 416 g/mol. The summed E-state index contributed by atoms with van der Waals surface area (Å²) in [6.45, 7) is 10.2. The quantitative estimate of drug-likeness (QED) is 0.398. The van der Waals surface area contributed by atoms with Crippen LogP contribution in [0.15, 0.2) is 59.6 Å². The Labute approximate surface area is 196 Å². The molecule has 0 fully saturated rings. The summed E-state index contributed by atoms with van der Waals surface area (Å²) in [4.78, 5) is 6.05. The molecule has 0 saturated heterocycles. The van der Waals surface area contributed by atoms with E-state index in [4.69, 9.17) is 0 Å². The van der Waals surface area contributed by atoms with Gasteiger partial charge in [-0.05, 0) is 68.8 Å². The molecule has 0 saturated carbocycles. The lowest BCUT2D eigenvalue weighted by Crippen LogP contribution is -2.29. The van der Waals surface area contributed by atoms with E-state index in [9.17, 15) is 8.42 Å². The first kappa shape index (κ1) is 27.9. The number of benzene rings is 2. The van der Waals surface area contributed by atoms with Crippen LogP contribution in [0.4, 0.5) is 0 Å². The predicted octanol–water partition coefficient (Wildman–Crippen LogP) is 6.51. The minimum atomic E-state index is -3.26. The average Bonchev–Trinajstić information content (AvgIpc) is 3.22. The minimum Gasteiger partial charge on any atom is -0.361 e. The molecule has 0 radical (unpaired) electrons. The van der Waals surface area contributed by atoms with Crippen LogP contribution in [0.1, 0.15) is 58.6 Å². The zero-order valence-corrected chi connectivity index (χ0v) is 21.8. The molecule has 0 unspecified atom stereocenters. The zero-order valence-electron chi connectivity index (χ0n) is 21.0. The predicted molar refractivity (Wildman–Crippen MR) is 139 cm³/mol. The molecule has 4 nitrogen and oxygen atoms in total. The molecule has 1 aromatic heterocycles. The maximum Gasteiger partial charge on any atom is 0.178 e. The van der Waals surface area contributed by atoms with Gasteiger partial charge >= 0.3 is 0 Å². The third-order valence-electron chi connectivity index (χ3n) is 5.40. The number of fused-ring (bicyclic) bond motifs is 1. The maximum atomic E-state index is 12.6. The fourth-order valence-corrected chi connectivity index (χ4v) is 4.99. The third kappa shape index (κ3) is 7.79. The lowest BCUT2D eigenvalue weighted by atomic mass is 9.99. The van der Waals surface area contributed by atoms with Gasteiger partial charge in [-0.1, -0.05) is 65.3 Å². The monoisotopic (exact) mass is 458 g/mol. The van der Waals surface area contributed by atoms with Crippen molar-refractivity contribution in [2.75, 3.05) is 19.8 Å². The number of H-pyrrole nitrogens is 1. The molecule has 0 aliphatic heterocycles. The maximum absolute atomic E-state index is 12.6. The summed E-state index contributed by atoms with van der Waals surface area (Å²) in [7, 11) is 1.01. The molecule has 0 bridgehead atoms. The van der Waals surface area contributed by atoms with Gasteiger partial charge in [0, 0.05) is 23.1 Å². The van der Waals surface area contributed by atoms with Crippen molar-refractivity contribution >= 4 is 20.7 Å². The van der Waals surface area contributed by atoms with Crippen LogP contribution in [0.5, 0.6) is 0 Å². The molecule has 0 amide bonds. The Morgan fingerprint density at radius 3 is 2.22 bits per heavy atom. The molecule has 1 atom stereocenters. The molecule has 32 heavy (non-hydrogen) atoms. The first-order valence-corrected chi connectivity index (χ1v) is 13.6. The van der Waals surface area contributed by atoms with Gasteiger partial charge in [-0.25, -0.2) is 8.42 Å². The summed E-state index contributed by atoms with van der Waals surface area (Å²) in [5.41, 5.74) is 3.47. The van der Waals surface area contributed by atoms with E-state index in [1.165, 1.54) is 10.9 Å². The Bertz CT molecular complexity index is 1010. The van der Waals surface area contributed by atoms with Crippen LogP contribution in [-0.4, -0.2) is 44.2 Å². The Balaban J connectivity index is 0.00000121. The number of likely N-dealkylation sites (N-methyl/N-ethyl adjacent to an activating group) is 1. The van der Waals surface area contributed by atoms with Crippen LogP contribution in [0.2, 0.25) is 0 Å². The normalized spacial score (nSPS) is 12.0. The molecule has 0 aliphatic carbocycles. The van der Waals surface area contributed by atoms with Crippen LogP contribution in [-0.2, 0) is 22.7 Å². The zero-order chi connectivity index (χ0) is 24.1. The molecule has 3 rings (SSSR count). The fraction of sp³-hybridized carbons (Fsp3) is 0.481. The van der Waals surface area contributed by atoms with Crippen molar-refractivity contribution in [3.05, 3.63) is 65.9 Å². The van der Waals surface area contributed by atoms with Gasteiger partial charge < -0.3 is 9.88 Å². The topological polar surface area (TPSA) is 53.2 Å². The number of sulfone groups is 1. The number of hydrogen-bond donors (Lipinski definition) is 1. The van der Waals surface area contributed by atoms with Crippen molar-refractivity contribution in [2.45, 2.75) is 71.2 Å². The first-order chi connectivity index (χ1) is 15.4. The second-order valence-electron chi connectivity index (χ2n) is 7.69. The second-order valence-corrected chi connectivity index (χ2v) is 9.80. The number of aromatic nitrogens is 1. The summed E-state index contributed by atoms with van der Waals surface area (Å²) < 4.78 is 25.1. The van der Waals surface area contributed by atoms with Gasteiger partial charge in [-0.15, -0.1) is 0 Å². The van der Waals surface area contributed by atoms with Gasteiger partial charge in [0.1, 0.15) is 0 Å². The van der Waals surface area contributed by atoms with E-state index in [-0.39, 0.29) is 5.75 Å². The van der Waals surface area contributed by atoms with Crippen LogP contribution >= 0.6 is 0 Å². The van der Waals surface area contributed by atoms with Crippen molar-refractivity contribution in [1.29, 1.82) is 0 Å². The Morgan fingerprint density at radius 2 is 1.62 bits per heavy atom. The molecule has 1 N–H and O–H groups in total. The largest absolute Gasteiger partial charge is 0.361 e. The molecule has 0 spiro atoms. The number of nitrogens with zero attached hydrogens (tertiary/aromatic N) is 1. The summed E-state index contributed by atoms with van der Waals surface area (Å²) in [5.74, 6) is 0.123. The number of aromatic amines is 1. The highest BCUT2D eigenvalue weighted by molar-refractivity contribution is 7.91. The van der Waals surface area contributed by atoms with Crippen molar-refractivity contribution in [3.63, 3.8) is 0 Å². The van der Waals surface area contributed by atoms with Crippen LogP contribution in [0, 0.1) is 0 Å². The molecule has 178 valence electrons. The lowest BCUT2D eigenvalue weighted by molar-refractivity contribution is 0.275. The van der Waals surface area contributed by atoms with E-state index in [0.717, 1.165) is 30.3 Å². The van der Waals surface area contributed by atoms with Crippen molar-refractivity contribution in [2.24, 2.45) is 0 Å². The van der Waals surface area contributed by atoms with E-state index in [0.29, 0.717) is 17.4 Å². The van der Waals surface area contributed by atoms with Crippen LogP contribution < -0.4 is 0 Å². The van der Waals surface area contributed by atoms with Gasteiger partial charge in [0.05, 0.1) is 10.6 Å². The summed E-state index contributed by atoms with van der Waals surface area (Å²) in [6.07, 6.45) is 5.93. The summed E-state index contributed by atoms with van der Waals surface area (Å²) in [5, 5.41) is 1.21. The SMILES string of the molecule is CC.CC.CCC[C@H](Cc1c[nH]c2ccc(CCS(=O)(=O)c3ccccc3)cc12)N(C)C. The Morgan fingerprint density at radius 1 is 0.969 bits per heavy atom. The highest BCUT2D eigenvalue weighted by atomic mass is 32.2. The molecule has 3 aromatic rings. The molecule has 2 aromatic carbocycles. The highest BCUT2D eigenvalue weighted by Crippen LogP contribution is 2.24. The summed E-state index contributed by atoms with van der Waals surface area (Å²) in [6, 6.07) is 15.4. The third-order valence-corrected chi connectivity index (χ3v) is 7.13. The van der Waals surface area contributed by atoms with Gasteiger partial charge in [-0.2, -0.15) is 0 Å². The number of hydrogen-bond acceptors (Lipinski definition) is 3. The van der Waals surface area contributed by atoms with E-state index in [1.54, 1.807) is 24.3 Å². The minimum absolute atomic E-state index is 0.123. The van der Waals surface area contributed by atoms with Gasteiger partial charge in [0.2, 0.25) is 0 Å². The van der Waals surface area contributed by atoms with E-state index in [2.05, 4.69) is 49.2 Å². The van der Waals surface area contributed by atoms with Gasteiger partial charge in [0.25, 0.3) is 0 Å². The Hall–Kier alpha value is -2.11. The van der Waals surface area contributed by atoms with Crippen LogP contribution in [0.3, 0.4) is 0 Å². The van der Waals surface area contributed by atoms with Gasteiger partial charge in [0.15, 0.2) is 9.84 Å². The standard InChI is InChI=1S/C23H30N2O2S.2C2H6/c1-4-8-20(25(2)3)16-19-17-24-23-12-11-18(15-22(19)23)13-14-28(26,27)21-9-6-5-7-10-21;2*1-2/h5-7,9-12,15,17,20,24H,4,8,13-14,16H2,1-3H3;2*1-2H3/t20-;;/m1../s1. The second kappa shape index (κ2) is 14.1. The molecule has 0 aliphatic rings. The van der Waals surface area contributed by atoms with Crippen molar-refractivity contribution < 1.29 is 8.42 Å². The Kier molecular flexibility index (Phi) is 12.3. The number of aryl methyl sites for hydroxylation is 1. The molecule has 1 heterocycles. The number of rotatable bonds is 9. The van der Waals surface area contributed by atoms with E-state index in [1.807, 2.05) is 39.8 Å². The highest BCUT2D eigenvalue weighted by Gasteiger charge is 2.16. The van der Waals surface area contributed by atoms with E-state index >= 15 is 0 Å². The smallest absolute Gasteiger partial charge is 0.178 e. The summed E-state index contributed by atoms with van der Waals surface area (Å²) >= 11 is 0. The fourth-order valence-electron chi connectivity index (χ4n) is 3.68.